The van der Waals surface area contributed by atoms with Crippen LogP contribution in [0.15, 0.2) is 9.98 Å². The zero-order valence-electron chi connectivity index (χ0n) is 11.5. The van der Waals surface area contributed by atoms with Crippen LogP contribution in [-0.2, 0) is 0 Å². The molecule has 0 rings (SSSR count). The van der Waals surface area contributed by atoms with Gasteiger partial charge in [0.15, 0.2) is 0 Å². The Labute approximate surface area is 104 Å². The minimum Gasteiger partial charge on any atom is -0.303 e. The molecule has 0 aromatic carbocycles. The maximum Gasteiger partial charge on any atom is 0.111 e. The van der Waals surface area contributed by atoms with Gasteiger partial charge in [-0.3, -0.25) is 9.89 Å². The molecule has 0 aromatic rings. The summed E-state index contributed by atoms with van der Waals surface area (Å²) in [6.07, 6.45) is 2.57. The van der Waals surface area contributed by atoms with Gasteiger partial charge in [-0.15, -0.1) is 0 Å². The van der Waals surface area contributed by atoms with E-state index in [2.05, 4.69) is 21.8 Å². The van der Waals surface area contributed by atoms with Gasteiger partial charge in [-0.05, 0) is 27.4 Å². The Morgan fingerprint density at radius 1 is 1.18 bits per heavy atom. The van der Waals surface area contributed by atoms with Crippen LogP contribution < -0.4 is 0 Å². The first-order valence-electron chi connectivity index (χ1n) is 6.04. The van der Waals surface area contributed by atoms with E-state index in [1.807, 2.05) is 25.9 Å². The number of hydrogen-bond acceptors (Lipinski definition) is 3. The van der Waals surface area contributed by atoms with Crippen molar-refractivity contribution in [2.45, 2.75) is 20.3 Å². The molecule has 100 valence electrons. The third-order valence-electron chi connectivity index (χ3n) is 2.52. The fourth-order valence-electron chi connectivity index (χ4n) is 1.07. The summed E-state index contributed by atoms with van der Waals surface area (Å²) < 4.78 is 12.0. The maximum atomic E-state index is 12.0. The number of rotatable bonds is 9. The quantitative estimate of drug-likeness (QED) is 0.456. The monoisotopic (exact) mass is 244 g/mol. The van der Waals surface area contributed by atoms with E-state index >= 15 is 0 Å². The molecule has 0 heterocycles. The third-order valence-corrected chi connectivity index (χ3v) is 2.52. The highest BCUT2D eigenvalue weighted by Crippen LogP contribution is 1.88. The van der Waals surface area contributed by atoms with E-state index in [0.29, 0.717) is 13.2 Å². The highest BCUT2D eigenvalue weighted by atomic mass is 19.1. The Balaban J connectivity index is 3.69. The van der Waals surface area contributed by atoms with Gasteiger partial charge in [-0.25, -0.2) is 9.38 Å². The van der Waals surface area contributed by atoms with Gasteiger partial charge < -0.3 is 4.90 Å². The highest BCUT2D eigenvalue weighted by Gasteiger charge is 2.00. The summed E-state index contributed by atoms with van der Waals surface area (Å²) in [6.45, 7) is 6.63. The van der Waals surface area contributed by atoms with Crippen molar-refractivity contribution in [2.24, 2.45) is 9.98 Å². The smallest absolute Gasteiger partial charge is 0.111 e. The SMILES string of the molecule is CC/C(C)=N\C=N/CN(C)CCN(C)CCF. The average Bonchev–Trinajstić information content (AvgIpc) is 2.32. The molecule has 0 bridgehead atoms. The fraction of sp³-hybridized carbons (Fsp3) is 0.833. The Morgan fingerprint density at radius 2 is 1.82 bits per heavy atom. The molecule has 0 radical (unpaired) electrons. The van der Waals surface area contributed by atoms with E-state index in [-0.39, 0.29) is 6.67 Å². The molecule has 0 aliphatic carbocycles. The summed E-state index contributed by atoms with van der Waals surface area (Å²) >= 11 is 0. The van der Waals surface area contributed by atoms with Crippen molar-refractivity contribution < 1.29 is 4.39 Å². The molecule has 0 amide bonds. The van der Waals surface area contributed by atoms with Gasteiger partial charge in [0.1, 0.15) is 13.0 Å². The predicted octanol–water partition coefficient (Wildman–Crippen LogP) is 1.68. The van der Waals surface area contributed by atoms with Gasteiger partial charge >= 0.3 is 0 Å². The van der Waals surface area contributed by atoms with Crippen LogP contribution in [0, 0.1) is 0 Å². The van der Waals surface area contributed by atoms with E-state index in [1.54, 1.807) is 6.34 Å². The Morgan fingerprint density at radius 3 is 2.41 bits per heavy atom. The molecule has 0 N–H and O–H groups in total. The number of nitrogens with zero attached hydrogens (tertiary/aromatic N) is 4. The van der Waals surface area contributed by atoms with Gasteiger partial charge in [0.25, 0.3) is 0 Å². The van der Waals surface area contributed by atoms with E-state index in [0.717, 1.165) is 25.2 Å². The van der Waals surface area contributed by atoms with E-state index in [1.165, 1.54) is 0 Å². The molecule has 0 spiro atoms. The lowest BCUT2D eigenvalue weighted by atomic mass is 10.3. The van der Waals surface area contributed by atoms with Crippen LogP contribution in [0.3, 0.4) is 0 Å². The van der Waals surface area contributed by atoms with Crippen molar-refractivity contribution in [3.8, 4) is 0 Å². The highest BCUT2D eigenvalue weighted by molar-refractivity contribution is 5.88. The normalized spacial score (nSPS) is 13.2. The molecule has 0 saturated carbocycles. The summed E-state index contributed by atoms with van der Waals surface area (Å²) in [4.78, 5) is 12.4. The van der Waals surface area contributed by atoms with Crippen LogP contribution in [-0.4, -0.2) is 68.9 Å². The van der Waals surface area contributed by atoms with Crippen LogP contribution >= 0.6 is 0 Å². The van der Waals surface area contributed by atoms with Crippen LogP contribution in [0.5, 0.6) is 0 Å². The molecule has 0 unspecified atom stereocenters. The maximum absolute atomic E-state index is 12.0. The number of likely N-dealkylation sites (N-methyl/N-ethyl adjacent to an activating group) is 2. The molecule has 0 saturated heterocycles. The standard InChI is InChI=1S/C12H25FN4/c1-5-12(2)15-10-14-11-17(4)9-8-16(3)7-6-13/h10H,5-9,11H2,1-4H3/b14-10-,15-12-. The summed E-state index contributed by atoms with van der Waals surface area (Å²) in [5.74, 6) is 0. The minimum absolute atomic E-state index is 0.288. The average molecular weight is 244 g/mol. The van der Waals surface area contributed by atoms with Crippen molar-refractivity contribution in [1.29, 1.82) is 0 Å². The summed E-state index contributed by atoms with van der Waals surface area (Å²) in [5, 5.41) is 0. The van der Waals surface area contributed by atoms with E-state index in [4.69, 9.17) is 0 Å². The molecule has 4 nitrogen and oxygen atoms in total. The van der Waals surface area contributed by atoms with Crippen LogP contribution in [0.1, 0.15) is 20.3 Å². The van der Waals surface area contributed by atoms with E-state index in [9.17, 15) is 4.39 Å². The minimum atomic E-state index is -0.288. The molecule has 17 heavy (non-hydrogen) atoms. The largest absolute Gasteiger partial charge is 0.303 e. The van der Waals surface area contributed by atoms with Gasteiger partial charge in [-0.1, -0.05) is 6.92 Å². The number of halogens is 1. The summed E-state index contributed by atoms with van der Waals surface area (Å²) in [7, 11) is 3.92. The summed E-state index contributed by atoms with van der Waals surface area (Å²) in [5.41, 5.74) is 1.08. The topological polar surface area (TPSA) is 31.2 Å². The molecule has 0 fully saturated rings. The Bertz CT molecular complexity index is 241. The first kappa shape index (κ1) is 16.2. The van der Waals surface area contributed by atoms with Gasteiger partial charge in [0.2, 0.25) is 0 Å². The molecule has 0 aromatic heterocycles. The lowest BCUT2D eigenvalue weighted by molar-refractivity contribution is 0.245. The molecule has 0 aliphatic heterocycles. The number of hydrogen-bond donors (Lipinski definition) is 0. The molecule has 0 aliphatic rings. The van der Waals surface area contributed by atoms with Gasteiger partial charge in [-0.2, -0.15) is 0 Å². The van der Waals surface area contributed by atoms with Gasteiger partial charge in [0, 0.05) is 25.3 Å². The fourth-order valence-corrected chi connectivity index (χ4v) is 1.07. The van der Waals surface area contributed by atoms with Crippen LogP contribution in [0.25, 0.3) is 0 Å². The lowest BCUT2D eigenvalue weighted by Gasteiger charge is -2.19. The van der Waals surface area contributed by atoms with Crippen molar-refractivity contribution in [3.05, 3.63) is 0 Å². The Kier molecular flexibility index (Phi) is 9.86. The molecular weight excluding hydrogens is 219 g/mol. The molecular formula is C12H25FN4. The zero-order chi connectivity index (χ0) is 13.1. The van der Waals surface area contributed by atoms with Crippen molar-refractivity contribution >= 4 is 12.1 Å². The molecule has 5 heteroatoms. The molecule has 0 atom stereocenters. The van der Waals surface area contributed by atoms with Crippen LogP contribution in [0.4, 0.5) is 4.39 Å². The second-order valence-corrected chi connectivity index (χ2v) is 4.23. The van der Waals surface area contributed by atoms with Crippen molar-refractivity contribution in [3.63, 3.8) is 0 Å². The number of alkyl halides is 1. The third kappa shape index (κ3) is 10.1. The van der Waals surface area contributed by atoms with Crippen LogP contribution in [0.2, 0.25) is 0 Å². The number of aliphatic imine (C=N–C) groups is 2. The van der Waals surface area contributed by atoms with Gasteiger partial charge in [0.05, 0.1) is 6.67 Å². The first-order valence-corrected chi connectivity index (χ1v) is 6.04. The summed E-state index contributed by atoms with van der Waals surface area (Å²) in [6, 6.07) is 0. The first-order chi connectivity index (χ1) is 8.10. The predicted molar refractivity (Wildman–Crippen MR) is 72.9 cm³/mol. The second-order valence-electron chi connectivity index (χ2n) is 4.23. The van der Waals surface area contributed by atoms with E-state index < -0.39 is 0 Å². The van der Waals surface area contributed by atoms with Crippen molar-refractivity contribution in [1.82, 2.24) is 9.80 Å². The lowest BCUT2D eigenvalue weighted by Crippen LogP contribution is -2.32. The second kappa shape index (κ2) is 10.4. The zero-order valence-corrected chi connectivity index (χ0v) is 11.5. The Hall–Kier alpha value is -0.810. The van der Waals surface area contributed by atoms with Crippen molar-refractivity contribution in [2.75, 3.05) is 47.1 Å².